The van der Waals surface area contributed by atoms with Crippen molar-refractivity contribution < 1.29 is 23.8 Å². The van der Waals surface area contributed by atoms with Gasteiger partial charge in [0, 0.05) is 36.5 Å². The fraction of sp³-hybridized carbons (Fsp3) is 0.750. The molecule has 0 spiro atoms. The van der Waals surface area contributed by atoms with E-state index in [4.69, 9.17) is 25.8 Å². The third-order valence-electron chi connectivity index (χ3n) is 8.25. The minimum atomic E-state index is -0.646. The molecule has 1 aromatic rings. The van der Waals surface area contributed by atoms with E-state index < -0.39 is 17.1 Å². The zero-order chi connectivity index (χ0) is 26.1. The first-order chi connectivity index (χ1) is 16.9. The average molecular weight is 538 g/mol. The van der Waals surface area contributed by atoms with Crippen LogP contribution in [0.1, 0.15) is 96.2 Å². The van der Waals surface area contributed by atoms with Crippen LogP contribution in [0.3, 0.4) is 0 Å². The summed E-state index contributed by atoms with van der Waals surface area (Å²) in [4.78, 5) is 30.4. The highest BCUT2D eigenvalue weighted by Crippen LogP contribution is 2.58. The molecule has 3 saturated heterocycles. The van der Waals surface area contributed by atoms with Gasteiger partial charge in [0.2, 0.25) is 0 Å². The highest BCUT2D eigenvalue weighted by Gasteiger charge is 2.68. The predicted molar refractivity (Wildman–Crippen MR) is 142 cm³/mol. The number of ether oxygens (including phenoxy) is 3. The summed E-state index contributed by atoms with van der Waals surface area (Å²) in [5.74, 6) is 0.337. The van der Waals surface area contributed by atoms with Crippen LogP contribution in [0, 0.1) is 18.3 Å². The van der Waals surface area contributed by atoms with Crippen LogP contribution in [0.4, 0.5) is 0 Å². The van der Waals surface area contributed by atoms with E-state index in [9.17, 15) is 9.59 Å². The number of thiazole rings is 1. The molecule has 0 radical (unpaired) electrons. The fourth-order valence-corrected chi connectivity index (χ4v) is 6.24. The van der Waals surface area contributed by atoms with Crippen LogP contribution in [0.25, 0.3) is 6.08 Å². The number of aromatic nitrogens is 1. The van der Waals surface area contributed by atoms with Gasteiger partial charge >= 0.3 is 5.97 Å². The van der Waals surface area contributed by atoms with E-state index >= 15 is 0 Å². The van der Waals surface area contributed by atoms with Crippen molar-refractivity contribution in [1.82, 2.24) is 4.98 Å². The van der Waals surface area contributed by atoms with Crippen LogP contribution in [0.2, 0.25) is 0 Å². The zero-order valence-corrected chi connectivity index (χ0v) is 23.8. The van der Waals surface area contributed by atoms with E-state index in [0.717, 1.165) is 49.4 Å². The standard InChI is InChI=1S/C28H40ClNO5S/c1-18-7-6-11-27(5)28(35-27,14-21-16-33-21)15-23(22(29)13-20-17-36-19(2)30-20)34-25(32)10-12-26(3,4)24(31)9-8-18/h13,17-18,21,23H,6-12,14-16H2,1-5H3. The number of esters is 1. The second kappa shape index (κ2) is 10.8. The fourth-order valence-electron chi connectivity index (χ4n) is 5.43. The van der Waals surface area contributed by atoms with Crippen molar-refractivity contribution in [1.29, 1.82) is 0 Å². The van der Waals surface area contributed by atoms with Gasteiger partial charge in [-0.05, 0) is 45.1 Å². The minimum Gasteiger partial charge on any atom is -0.456 e. The average Bonchev–Trinajstić information content (AvgIpc) is 3.67. The first-order valence-corrected chi connectivity index (χ1v) is 14.5. The molecule has 1 aromatic heterocycles. The molecule has 36 heavy (non-hydrogen) atoms. The Bertz CT molecular complexity index is 1000. The Kier molecular flexibility index (Phi) is 8.35. The third kappa shape index (κ3) is 6.77. The number of carbonyl (C=O) groups is 2. The van der Waals surface area contributed by atoms with Crippen LogP contribution >= 0.6 is 22.9 Å². The zero-order valence-electron chi connectivity index (χ0n) is 22.2. The van der Waals surface area contributed by atoms with Crippen LogP contribution in [0.15, 0.2) is 10.4 Å². The molecular weight excluding hydrogens is 498 g/mol. The SMILES string of the molecule is Cc1nc(C=C(Cl)C2CC3(CC4CO4)OC3(C)CCCC(C)CCC(=O)C(C)(C)CCC(=O)O2)cs1. The summed E-state index contributed by atoms with van der Waals surface area (Å²) in [5.41, 5.74) is -0.565. The van der Waals surface area contributed by atoms with Gasteiger partial charge in [0.25, 0.3) is 0 Å². The van der Waals surface area contributed by atoms with Crippen LogP contribution < -0.4 is 0 Å². The lowest BCUT2D eigenvalue weighted by Gasteiger charge is -2.26. The molecular formula is C28H40ClNO5S. The summed E-state index contributed by atoms with van der Waals surface area (Å²) >= 11 is 8.37. The lowest BCUT2D eigenvalue weighted by molar-refractivity contribution is -0.148. The van der Waals surface area contributed by atoms with Crippen molar-refractivity contribution in [3.63, 3.8) is 0 Å². The van der Waals surface area contributed by atoms with E-state index in [1.165, 1.54) is 0 Å². The van der Waals surface area contributed by atoms with Crippen molar-refractivity contribution in [3.05, 3.63) is 21.1 Å². The minimum absolute atomic E-state index is 0.168. The van der Waals surface area contributed by atoms with Gasteiger partial charge in [-0.1, -0.05) is 45.2 Å². The number of ketones is 1. The Labute approximate surface area is 224 Å². The van der Waals surface area contributed by atoms with E-state index in [0.29, 0.717) is 30.2 Å². The third-order valence-corrected chi connectivity index (χ3v) is 9.39. The number of fused-ring (bicyclic) bond motifs is 1. The van der Waals surface area contributed by atoms with Crippen molar-refractivity contribution in [3.8, 4) is 0 Å². The smallest absolute Gasteiger partial charge is 0.306 e. The maximum Gasteiger partial charge on any atom is 0.306 e. The van der Waals surface area contributed by atoms with Crippen LogP contribution in [0.5, 0.6) is 0 Å². The molecule has 0 amide bonds. The molecule has 3 aliphatic rings. The van der Waals surface area contributed by atoms with Gasteiger partial charge in [-0.15, -0.1) is 11.3 Å². The van der Waals surface area contributed by atoms with Gasteiger partial charge in [0.1, 0.15) is 17.5 Å². The number of carbonyl (C=O) groups excluding carboxylic acids is 2. The summed E-state index contributed by atoms with van der Waals surface area (Å²) in [6, 6.07) is 0. The van der Waals surface area contributed by atoms with Crippen molar-refractivity contribution >= 4 is 40.8 Å². The molecule has 0 bridgehead atoms. The molecule has 5 unspecified atom stereocenters. The van der Waals surface area contributed by atoms with Crippen molar-refractivity contribution in [2.75, 3.05) is 6.61 Å². The van der Waals surface area contributed by atoms with Crippen LogP contribution in [-0.4, -0.2) is 46.8 Å². The molecule has 3 aliphatic heterocycles. The number of hydrogen-bond donors (Lipinski definition) is 0. The molecule has 3 fully saturated rings. The summed E-state index contributed by atoms with van der Waals surface area (Å²) in [6.07, 6.45) is 7.62. The Morgan fingerprint density at radius 3 is 2.64 bits per heavy atom. The topological polar surface area (TPSA) is 81.3 Å². The van der Waals surface area contributed by atoms with E-state index in [1.54, 1.807) is 17.4 Å². The normalized spacial score (nSPS) is 36.2. The molecule has 8 heteroatoms. The number of Topliss-reactive ketones (excluding diaryl/α,β-unsaturated/α-hetero) is 1. The van der Waals surface area contributed by atoms with Crippen molar-refractivity contribution in [2.24, 2.45) is 11.3 Å². The van der Waals surface area contributed by atoms with Gasteiger partial charge in [-0.2, -0.15) is 0 Å². The molecule has 4 heterocycles. The Morgan fingerprint density at radius 1 is 1.22 bits per heavy atom. The number of nitrogens with zero attached hydrogens (tertiary/aromatic N) is 1. The second-order valence-electron chi connectivity index (χ2n) is 11.8. The van der Waals surface area contributed by atoms with Gasteiger partial charge in [-0.3, -0.25) is 9.59 Å². The second-order valence-corrected chi connectivity index (χ2v) is 13.3. The lowest BCUT2D eigenvalue weighted by Crippen LogP contribution is -2.33. The highest BCUT2D eigenvalue weighted by atomic mass is 35.5. The van der Waals surface area contributed by atoms with E-state index in [-0.39, 0.29) is 29.9 Å². The maximum atomic E-state index is 13.0. The molecule has 200 valence electrons. The first-order valence-electron chi connectivity index (χ1n) is 13.3. The van der Waals surface area contributed by atoms with Gasteiger partial charge in [0.05, 0.1) is 34.0 Å². The van der Waals surface area contributed by atoms with Gasteiger partial charge < -0.3 is 14.2 Å². The molecule has 0 N–H and O–H groups in total. The van der Waals surface area contributed by atoms with E-state index in [1.807, 2.05) is 26.2 Å². The van der Waals surface area contributed by atoms with Crippen molar-refractivity contribution in [2.45, 2.75) is 116 Å². The van der Waals surface area contributed by atoms with Crippen LogP contribution in [-0.2, 0) is 23.8 Å². The summed E-state index contributed by atoms with van der Waals surface area (Å²) in [6.45, 7) is 10.9. The maximum absolute atomic E-state index is 13.0. The van der Waals surface area contributed by atoms with E-state index in [2.05, 4.69) is 18.8 Å². The number of epoxide rings is 2. The molecule has 5 atom stereocenters. The number of rotatable bonds is 4. The van der Waals surface area contributed by atoms with Gasteiger partial charge in [0.15, 0.2) is 0 Å². The van der Waals surface area contributed by atoms with Gasteiger partial charge in [-0.25, -0.2) is 4.98 Å². The number of hydrogen-bond acceptors (Lipinski definition) is 7. The summed E-state index contributed by atoms with van der Waals surface area (Å²) in [5, 5.41) is 3.32. The number of aryl methyl sites for hydroxylation is 1. The Morgan fingerprint density at radius 2 is 1.97 bits per heavy atom. The predicted octanol–water partition coefficient (Wildman–Crippen LogP) is 6.63. The Balaban J connectivity index is 1.59. The molecule has 0 saturated carbocycles. The highest BCUT2D eigenvalue weighted by molar-refractivity contribution is 7.09. The summed E-state index contributed by atoms with van der Waals surface area (Å²) < 4.78 is 18.1. The number of halogens is 1. The largest absolute Gasteiger partial charge is 0.456 e. The summed E-state index contributed by atoms with van der Waals surface area (Å²) in [7, 11) is 0. The molecule has 6 nitrogen and oxygen atoms in total. The lowest BCUT2D eigenvalue weighted by atomic mass is 9.79. The monoisotopic (exact) mass is 537 g/mol. The first kappa shape index (κ1) is 27.7. The molecule has 0 aliphatic carbocycles. The quantitative estimate of drug-likeness (QED) is 0.317. The molecule has 4 rings (SSSR count). The number of cyclic esters (lactones) is 1. The Hall–Kier alpha value is -1.28. The molecule has 0 aromatic carbocycles.